The van der Waals surface area contributed by atoms with E-state index in [0.29, 0.717) is 18.6 Å². The van der Waals surface area contributed by atoms with Crippen LogP contribution >= 0.6 is 0 Å². The maximum Gasteiger partial charge on any atom is 0.233 e. The van der Waals surface area contributed by atoms with Crippen LogP contribution in [0.4, 0.5) is 0 Å². The zero-order valence-electron chi connectivity index (χ0n) is 11.6. The lowest BCUT2D eigenvalue weighted by molar-refractivity contribution is 0.184. The Morgan fingerprint density at radius 1 is 1.26 bits per heavy atom. The minimum Gasteiger partial charge on any atom is -0.379 e. The minimum absolute atomic E-state index is 0.217. The number of nitrogens with one attached hydrogen (secondary N) is 1. The van der Waals surface area contributed by atoms with E-state index in [9.17, 15) is 0 Å². The molecule has 0 amide bonds. The van der Waals surface area contributed by atoms with Gasteiger partial charge >= 0.3 is 0 Å². The van der Waals surface area contributed by atoms with Crippen LogP contribution in [-0.4, -0.2) is 35.9 Å². The molecule has 1 aliphatic heterocycles. The molecular weight excluding hydrogens is 242 g/mol. The van der Waals surface area contributed by atoms with E-state index in [-0.39, 0.29) is 5.92 Å². The van der Waals surface area contributed by atoms with E-state index in [1.165, 1.54) is 25.7 Å². The maximum absolute atomic E-state index is 5.57. The van der Waals surface area contributed by atoms with Crippen molar-refractivity contribution in [3.8, 4) is 0 Å². The lowest BCUT2D eigenvalue weighted by Gasteiger charge is -2.15. The number of rotatable bonds is 5. The summed E-state index contributed by atoms with van der Waals surface area (Å²) in [4.78, 5) is 4.63. The van der Waals surface area contributed by atoms with Crippen molar-refractivity contribution >= 4 is 0 Å². The fourth-order valence-electron chi connectivity index (χ4n) is 3.08. The van der Waals surface area contributed by atoms with Crippen LogP contribution in [0.3, 0.4) is 0 Å². The summed E-state index contributed by atoms with van der Waals surface area (Å²) in [5.41, 5.74) is 0. The van der Waals surface area contributed by atoms with E-state index < -0.39 is 0 Å². The highest BCUT2D eigenvalue weighted by Gasteiger charge is 2.34. The standard InChI is InChI=1S/C14H23N3O2/c1-2-7-15-12-9-18-8-11(12)14-16-13(17-19-14)10-5-3-4-6-10/h10-12,15H,2-9H2,1H3. The number of hydrogen-bond donors (Lipinski definition) is 1. The van der Waals surface area contributed by atoms with Gasteiger partial charge < -0.3 is 14.6 Å². The van der Waals surface area contributed by atoms with Crippen molar-refractivity contribution < 1.29 is 9.26 Å². The average molecular weight is 265 g/mol. The van der Waals surface area contributed by atoms with Crippen molar-refractivity contribution in [1.29, 1.82) is 0 Å². The second-order valence-electron chi connectivity index (χ2n) is 5.68. The van der Waals surface area contributed by atoms with Gasteiger partial charge in [0.2, 0.25) is 5.89 Å². The van der Waals surface area contributed by atoms with Crippen LogP contribution < -0.4 is 5.32 Å². The van der Waals surface area contributed by atoms with Crippen molar-refractivity contribution in [2.75, 3.05) is 19.8 Å². The summed E-state index contributed by atoms with van der Waals surface area (Å²) in [6.07, 6.45) is 6.12. The van der Waals surface area contributed by atoms with Crippen LogP contribution in [-0.2, 0) is 4.74 Å². The molecule has 3 rings (SSSR count). The third kappa shape index (κ3) is 2.82. The fraction of sp³-hybridized carbons (Fsp3) is 0.857. The van der Waals surface area contributed by atoms with Gasteiger partial charge in [-0.25, -0.2) is 0 Å². The molecule has 0 bridgehead atoms. The van der Waals surface area contributed by atoms with Crippen molar-refractivity contribution in [2.45, 2.75) is 56.9 Å². The van der Waals surface area contributed by atoms with Crippen LogP contribution in [0.15, 0.2) is 4.52 Å². The van der Waals surface area contributed by atoms with Gasteiger partial charge in [-0.05, 0) is 25.8 Å². The van der Waals surface area contributed by atoms with Crippen LogP contribution in [0.5, 0.6) is 0 Å². The summed E-state index contributed by atoms with van der Waals surface area (Å²) in [6.45, 7) is 4.61. The number of ether oxygens (including phenoxy) is 1. The summed E-state index contributed by atoms with van der Waals surface area (Å²) >= 11 is 0. The molecule has 2 unspecified atom stereocenters. The van der Waals surface area contributed by atoms with Gasteiger partial charge in [0.25, 0.3) is 0 Å². The molecular formula is C14H23N3O2. The SMILES string of the molecule is CCCNC1COCC1c1nc(C2CCCC2)no1. The van der Waals surface area contributed by atoms with Gasteiger partial charge in [0.1, 0.15) is 0 Å². The molecule has 106 valence electrons. The van der Waals surface area contributed by atoms with Crippen molar-refractivity contribution in [3.05, 3.63) is 11.7 Å². The molecule has 5 nitrogen and oxygen atoms in total. The van der Waals surface area contributed by atoms with Crippen LogP contribution in [0, 0.1) is 0 Å². The average Bonchev–Trinajstić information content (AvgIpc) is 3.14. The largest absolute Gasteiger partial charge is 0.379 e. The highest BCUT2D eigenvalue weighted by molar-refractivity contribution is 5.05. The summed E-state index contributed by atoms with van der Waals surface area (Å²) in [5.74, 6) is 2.40. The Morgan fingerprint density at radius 3 is 2.89 bits per heavy atom. The van der Waals surface area contributed by atoms with E-state index in [4.69, 9.17) is 9.26 Å². The molecule has 1 N–H and O–H groups in total. The van der Waals surface area contributed by atoms with Crippen LogP contribution in [0.2, 0.25) is 0 Å². The fourth-order valence-corrected chi connectivity index (χ4v) is 3.08. The lowest BCUT2D eigenvalue weighted by atomic mass is 10.0. The molecule has 2 aliphatic rings. The zero-order valence-corrected chi connectivity index (χ0v) is 11.6. The molecule has 1 aromatic heterocycles. The Kier molecular flexibility index (Phi) is 4.13. The molecule has 0 radical (unpaired) electrons. The number of nitrogens with zero attached hydrogens (tertiary/aromatic N) is 2. The first kappa shape index (κ1) is 13.1. The Labute approximate surface area is 114 Å². The molecule has 0 aromatic carbocycles. The third-order valence-corrected chi connectivity index (χ3v) is 4.23. The second kappa shape index (κ2) is 6.01. The summed E-state index contributed by atoms with van der Waals surface area (Å²) in [5, 5.41) is 7.69. The van der Waals surface area contributed by atoms with Crippen molar-refractivity contribution in [1.82, 2.24) is 15.5 Å². The smallest absolute Gasteiger partial charge is 0.233 e. The maximum atomic E-state index is 5.57. The normalized spacial score (nSPS) is 28.3. The molecule has 1 saturated heterocycles. The minimum atomic E-state index is 0.217. The van der Waals surface area contributed by atoms with Gasteiger partial charge in [-0.15, -0.1) is 0 Å². The van der Waals surface area contributed by atoms with Crippen LogP contribution in [0.1, 0.15) is 62.6 Å². The Morgan fingerprint density at radius 2 is 2.11 bits per heavy atom. The van der Waals surface area contributed by atoms with E-state index in [1.54, 1.807) is 0 Å². The summed E-state index contributed by atoms with van der Waals surface area (Å²) in [6, 6.07) is 0.317. The van der Waals surface area contributed by atoms with Gasteiger partial charge in [-0.1, -0.05) is 24.9 Å². The molecule has 5 heteroatoms. The summed E-state index contributed by atoms with van der Waals surface area (Å²) < 4.78 is 11.1. The number of hydrogen-bond acceptors (Lipinski definition) is 5. The van der Waals surface area contributed by atoms with Gasteiger partial charge in [0.05, 0.1) is 19.1 Å². The van der Waals surface area contributed by atoms with E-state index in [1.807, 2.05) is 0 Å². The Hall–Kier alpha value is -0.940. The lowest BCUT2D eigenvalue weighted by Crippen LogP contribution is -2.35. The van der Waals surface area contributed by atoms with Gasteiger partial charge in [-0.2, -0.15) is 4.98 Å². The van der Waals surface area contributed by atoms with E-state index >= 15 is 0 Å². The van der Waals surface area contributed by atoms with Gasteiger partial charge in [0, 0.05) is 12.0 Å². The molecule has 0 spiro atoms. The first-order valence-electron chi connectivity index (χ1n) is 7.53. The van der Waals surface area contributed by atoms with E-state index in [2.05, 4.69) is 22.4 Å². The van der Waals surface area contributed by atoms with E-state index in [0.717, 1.165) is 31.3 Å². The highest BCUT2D eigenvalue weighted by atomic mass is 16.5. The predicted octanol–water partition coefficient (Wildman–Crippen LogP) is 2.21. The predicted molar refractivity (Wildman–Crippen MR) is 71.1 cm³/mol. The third-order valence-electron chi connectivity index (χ3n) is 4.23. The van der Waals surface area contributed by atoms with Crippen LogP contribution in [0.25, 0.3) is 0 Å². The first-order chi connectivity index (χ1) is 9.38. The Balaban J connectivity index is 1.67. The Bertz CT molecular complexity index is 401. The van der Waals surface area contributed by atoms with Gasteiger partial charge in [-0.3, -0.25) is 0 Å². The molecule has 2 fully saturated rings. The molecule has 1 saturated carbocycles. The molecule has 1 aromatic rings. The quantitative estimate of drug-likeness (QED) is 0.884. The first-order valence-corrected chi connectivity index (χ1v) is 7.53. The molecule has 1 aliphatic carbocycles. The van der Waals surface area contributed by atoms with Crippen molar-refractivity contribution in [2.24, 2.45) is 0 Å². The second-order valence-corrected chi connectivity index (χ2v) is 5.68. The molecule has 2 atom stereocenters. The van der Waals surface area contributed by atoms with Crippen molar-refractivity contribution in [3.63, 3.8) is 0 Å². The van der Waals surface area contributed by atoms with Gasteiger partial charge in [0.15, 0.2) is 5.82 Å². The molecule has 19 heavy (non-hydrogen) atoms. The molecule has 2 heterocycles. The zero-order chi connectivity index (χ0) is 13.1. The highest BCUT2D eigenvalue weighted by Crippen LogP contribution is 2.33. The summed E-state index contributed by atoms with van der Waals surface area (Å²) in [7, 11) is 0. The topological polar surface area (TPSA) is 60.2 Å². The number of aromatic nitrogens is 2. The monoisotopic (exact) mass is 265 g/mol.